The number of benzene rings is 1. The van der Waals surface area contributed by atoms with Crippen molar-refractivity contribution in [3.8, 4) is 5.75 Å². The van der Waals surface area contributed by atoms with Gasteiger partial charge in [0.25, 0.3) is 0 Å². The molecule has 92 valence electrons. The highest BCUT2D eigenvalue weighted by Crippen LogP contribution is 2.33. The molecule has 1 aromatic carbocycles. The minimum Gasteiger partial charge on any atom is -0.491 e. The van der Waals surface area contributed by atoms with Crippen LogP contribution in [0.2, 0.25) is 5.02 Å². The van der Waals surface area contributed by atoms with Crippen LogP contribution in [0.5, 0.6) is 5.75 Å². The predicted molar refractivity (Wildman–Crippen MR) is 77.8 cm³/mol. The van der Waals surface area contributed by atoms with Crippen LogP contribution in [-0.2, 0) is 0 Å². The molecule has 1 rings (SSSR count). The highest BCUT2D eigenvalue weighted by Gasteiger charge is 2.07. The smallest absolute Gasteiger partial charge is 0.184 e. The largest absolute Gasteiger partial charge is 0.491 e. The van der Waals surface area contributed by atoms with Gasteiger partial charge in [0.15, 0.2) is 10.9 Å². The highest BCUT2D eigenvalue weighted by atomic mass is 79.9. The zero-order valence-corrected chi connectivity index (χ0v) is 12.2. The summed E-state index contributed by atoms with van der Waals surface area (Å²) in [6.45, 7) is 2.44. The molecule has 0 atom stereocenters. The summed E-state index contributed by atoms with van der Waals surface area (Å²) in [5.41, 5.74) is 8.49. The Bertz CT molecular complexity index is 430. The third-order valence-electron chi connectivity index (χ3n) is 1.70. The average Bonchev–Trinajstić information content (AvgIpc) is 2.23. The van der Waals surface area contributed by atoms with E-state index in [9.17, 15) is 0 Å². The van der Waals surface area contributed by atoms with E-state index in [2.05, 4.69) is 38.7 Å². The van der Waals surface area contributed by atoms with Crippen LogP contribution in [0, 0.1) is 0 Å². The predicted octanol–water partition coefficient (Wildman–Crippen LogP) is 2.67. The van der Waals surface area contributed by atoms with E-state index < -0.39 is 0 Å². The van der Waals surface area contributed by atoms with Crippen LogP contribution in [0.25, 0.3) is 0 Å². The first-order valence-electron chi connectivity index (χ1n) is 4.75. The lowest BCUT2D eigenvalue weighted by Crippen LogP contribution is -2.23. The first-order valence-corrected chi connectivity index (χ1v) is 6.33. The van der Waals surface area contributed by atoms with Gasteiger partial charge in [-0.1, -0.05) is 11.6 Å². The Morgan fingerprint density at radius 3 is 2.94 bits per heavy atom. The van der Waals surface area contributed by atoms with Gasteiger partial charge in [0.2, 0.25) is 0 Å². The van der Waals surface area contributed by atoms with Crippen LogP contribution >= 0.6 is 39.7 Å². The lowest BCUT2D eigenvalue weighted by molar-refractivity contribution is 0.338. The monoisotopic (exact) mass is 335 g/mol. The van der Waals surface area contributed by atoms with Gasteiger partial charge in [-0.25, -0.2) is 0 Å². The summed E-state index contributed by atoms with van der Waals surface area (Å²) in [5, 5.41) is 4.46. The van der Waals surface area contributed by atoms with Gasteiger partial charge in [-0.3, -0.25) is 5.43 Å². The topological polar surface area (TPSA) is 59.6 Å². The van der Waals surface area contributed by atoms with Crippen molar-refractivity contribution in [1.29, 1.82) is 0 Å². The van der Waals surface area contributed by atoms with E-state index >= 15 is 0 Å². The number of hydrazone groups is 1. The van der Waals surface area contributed by atoms with E-state index in [1.165, 1.54) is 0 Å². The molecule has 3 N–H and O–H groups in total. The molecule has 0 aliphatic heterocycles. The van der Waals surface area contributed by atoms with Crippen molar-refractivity contribution in [3.05, 3.63) is 27.2 Å². The zero-order chi connectivity index (χ0) is 12.8. The fourth-order valence-electron chi connectivity index (χ4n) is 1.11. The van der Waals surface area contributed by atoms with Crippen LogP contribution < -0.4 is 15.9 Å². The molecule has 0 bridgehead atoms. The second-order valence-corrected chi connectivity index (χ2v) is 4.68. The molecule has 0 radical (unpaired) electrons. The Morgan fingerprint density at radius 2 is 2.41 bits per heavy atom. The third kappa shape index (κ3) is 4.49. The van der Waals surface area contributed by atoms with Gasteiger partial charge < -0.3 is 10.5 Å². The van der Waals surface area contributed by atoms with Crippen molar-refractivity contribution in [1.82, 2.24) is 5.43 Å². The Balaban J connectivity index is 2.90. The normalized spacial score (nSPS) is 10.5. The fourth-order valence-corrected chi connectivity index (χ4v) is 2.15. The molecular formula is C10H11BrClN3OS. The number of thiocarbonyl (C=S) groups is 1. The maximum Gasteiger partial charge on any atom is 0.184 e. The Morgan fingerprint density at radius 1 is 1.71 bits per heavy atom. The van der Waals surface area contributed by atoms with Crippen molar-refractivity contribution in [3.63, 3.8) is 0 Å². The fraction of sp³-hybridized carbons (Fsp3) is 0.200. The molecule has 0 unspecified atom stereocenters. The number of halogens is 2. The molecule has 0 aliphatic carbocycles. The van der Waals surface area contributed by atoms with E-state index in [0.717, 1.165) is 10.0 Å². The number of nitrogens with two attached hydrogens (primary N) is 1. The highest BCUT2D eigenvalue weighted by molar-refractivity contribution is 9.10. The van der Waals surface area contributed by atoms with Gasteiger partial charge >= 0.3 is 0 Å². The van der Waals surface area contributed by atoms with Gasteiger partial charge in [-0.05, 0) is 52.8 Å². The summed E-state index contributed by atoms with van der Waals surface area (Å²) in [5.74, 6) is 0.619. The van der Waals surface area contributed by atoms with Crippen molar-refractivity contribution in [2.75, 3.05) is 6.61 Å². The van der Waals surface area contributed by atoms with Gasteiger partial charge in [-0.2, -0.15) is 5.10 Å². The second kappa shape index (κ2) is 6.78. The number of rotatable bonds is 4. The van der Waals surface area contributed by atoms with E-state index in [1.807, 2.05) is 13.0 Å². The lowest BCUT2D eigenvalue weighted by atomic mass is 10.2. The lowest BCUT2D eigenvalue weighted by Gasteiger charge is -2.08. The Kier molecular flexibility index (Phi) is 5.67. The average molecular weight is 337 g/mol. The van der Waals surface area contributed by atoms with Crippen molar-refractivity contribution in [2.24, 2.45) is 10.8 Å². The summed E-state index contributed by atoms with van der Waals surface area (Å²) in [4.78, 5) is 0. The first kappa shape index (κ1) is 14.2. The molecule has 0 aromatic heterocycles. The van der Waals surface area contributed by atoms with E-state index in [-0.39, 0.29) is 5.11 Å². The van der Waals surface area contributed by atoms with Crippen molar-refractivity contribution >= 4 is 51.1 Å². The molecule has 17 heavy (non-hydrogen) atoms. The van der Waals surface area contributed by atoms with E-state index in [4.69, 9.17) is 22.1 Å². The molecular weight excluding hydrogens is 326 g/mol. The number of hydrogen-bond donors (Lipinski definition) is 2. The number of ether oxygens (including phenoxy) is 1. The van der Waals surface area contributed by atoms with Gasteiger partial charge in [-0.15, -0.1) is 0 Å². The zero-order valence-electron chi connectivity index (χ0n) is 9.04. The molecule has 4 nitrogen and oxygen atoms in total. The van der Waals surface area contributed by atoms with Crippen molar-refractivity contribution < 1.29 is 4.74 Å². The number of nitrogens with one attached hydrogen (secondary N) is 1. The van der Waals surface area contributed by atoms with Gasteiger partial charge in [0.1, 0.15) is 0 Å². The maximum atomic E-state index is 6.07. The molecule has 0 aliphatic rings. The quantitative estimate of drug-likeness (QED) is 0.504. The molecule has 7 heteroatoms. The molecule has 0 saturated carbocycles. The molecule has 0 fully saturated rings. The molecule has 1 aromatic rings. The summed E-state index contributed by atoms with van der Waals surface area (Å²) in [7, 11) is 0. The van der Waals surface area contributed by atoms with Crippen molar-refractivity contribution in [2.45, 2.75) is 6.92 Å². The number of hydrogen-bond acceptors (Lipinski definition) is 3. The van der Waals surface area contributed by atoms with Crippen LogP contribution in [-0.4, -0.2) is 17.9 Å². The van der Waals surface area contributed by atoms with Gasteiger partial charge in [0, 0.05) is 0 Å². The molecule has 0 amide bonds. The summed E-state index contributed by atoms with van der Waals surface area (Å²) < 4.78 is 6.15. The maximum absolute atomic E-state index is 6.07. The summed E-state index contributed by atoms with van der Waals surface area (Å²) >= 11 is 14.1. The second-order valence-electron chi connectivity index (χ2n) is 2.98. The van der Waals surface area contributed by atoms with Crippen LogP contribution in [0.1, 0.15) is 12.5 Å². The minimum atomic E-state index is 0.109. The standard InChI is InChI=1S/C10H11BrClN3OS/c1-2-16-9-7(11)3-6(4-8(9)12)5-14-15-10(13)17/h3-5H,2H2,1H3,(H3,13,15,17). The van der Waals surface area contributed by atoms with Crippen LogP contribution in [0.3, 0.4) is 0 Å². The Hall–Kier alpha value is -0.850. The minimum absolute atomic E-state index is 0.109. The Labute approximate surface area is 118 Å². The van der Waals surface area contributed by atoms with Crippen LogP contribution in [0.15, 0.2) is 21.7 Å². The van der Waals surface area contributed by atoms with Gasteiger partial charge in [0.05, 0.1) is 22.3 Å². The van der Waals surface area contributed by atoms with E-state index in [0.29, 0.717) is 17.4 Å². The SMILES string of the molecule is CCOc1c(Cl)cc(C=NNC(N)=S)cc1Br. The molecule has 0 saturated heterocycles. The summed E-state index contributed by atoms with van der Waals surface area (Å²) in [6, 6.07) is 3.57. The molecule has 0 heterocycles. The van der Waals surface area contributed by atoms with E-state index in [1.54, 1.807) is 12.3 Å². The third-order valence-corrected chi connectivity index (χ3v) is 2.66. The summed E-state index contributed by atoms with van der Waals surface area (Å²) in [6.07, 6.45) is 1.56. The number of nitrogens with zero attached hydrogens (tertiary/aromatic N) is 1. The molecule has 0 spiro atoms. The van der Waals surface area contributed by atoms with Crippen LogP contribution in [0.4, 0.5) is 0 Å². The first-order chi connectivity index (χ1) is 8.04.